The summed E-state index contributed by atoms with van der Waals surface area (Å²) in [5, 5.41) is 3.98. The van der Waals surface area contributed by atoms with Gasteiger partial charge in [0.25, 0.3) is 5.56 Å². The van der Waals surface area contributed by atoms with Gasteiger partial charge in [0.1, 0.15) is 0 Å². The molecule has 0 fully saturated rings. The summed E-state index contributed by atoms with van der Waals surface area (Å²) in [6.07, 6.45) is 1.54. The Bertz CT molecular complexity index is 491. The van der Waals surface area contributed by atoms with Crippen LogP contribution in [0.2, 0.25) is 0 Å². The molecule has 0 aromatic carbocycles. The van der Waals surface area contributed by atoms with Crippen LogP contribution >= 0.6 is 17.1 Å². The number of rotatable bonds is 7. The van der Waals surface area contributed by atoms with Gasteiger partial charge in [-0.1, -0.05) is 0 Å². The Kier molecular flexibility index (Phi) is 6.69. The van der Waals surface area contributed by atoms with Gasteiger partial charge in [-0.2, -0.15) is 5.10 Å². The largest absolute Gasteiger partial charge is 0.319 e. The fourth-order valence-electron chi connectivity index (χ4n) is 1.21. The predicted octanol–water partition coefficient (Wildman–Crippen LogP) is 3.01. The quantitative estimate of drug-likeness (QED) is 0.719. The van der Waals surface area contributed by atoms with Crippen LogP contribution in [0.1, 0.15) is 27.7 Å². The van der Waals surface area contributed by atoms with Crippen molar-refractivity contribution in [2.75, 3.05) is 0 Å². The minimum Gasteiger partial charge on any atom is -0.319 e. The summed E-state index contributed by atoms with van der Waals surface area (Å²) in [4.78, 5) is 11.6. The van der Waals surface area contributed by atoms with Crippen molar-refractivity contribution in [3.8, 4) is 0 Å². The summed E-state index contributed by atoms with van der Waals surface area (Å²) >= 11 is 6.81. The third-order valence-electron chi connectivity index (χ3n) is 1.80. The van der Waals surface area contributed by atoms with E-state index in [1.807, 2.05) is 27.7 Å². The summed E-state index contributed by atoms with van der Waals surface area (Å²) in [6.45, 7) is 7.66. The van der Waals surface area contributed by atoms with E-state index in [2.05, 4.69) is 5.10 Å². The van der Waals surface area contributed by atoms with Crippen LogP contribution in [-0.4, -0.2) is 22.0 Å². The molecule has 0 saturated heterocycles. The fraction of sp³-hybridized carbons (Fsp3) is 0.636. The van der Waals surface area contributed by atoms with Gasteiger partial charge in [-0.3, -0.25) is 4.79 Å². The third-order valence-corrected chi connectivity index (χ3v) is 7.12. The lowest BCUT2D eigenvalue weighted by molar-refractivity contribution is 0.186. The highest BCUT2D eigenvalue weighted by Crippen LogP contribution is 2.62. The maximum Gasteiger partial charge on any atom is 0.267 e. The molecule has 0 N–H and O–H groups in total. The Labute approximate surface area is 122 Å². The van der Waals surface area contributed by atoms with Crippen LogP contribution in [0.15, 0.2) is 23.1 Å². The molecular weight excluding hydrogens is 303 g/mol. The summed E-state index contributed by atoms with van der Waals surface area (Å²) in [7, 11) is 0. The zero-order valence-electron chi connectivity index (χ0n) is 11.5. The first kappa shape index (κ1) is 16.9. The molecule has 0 unspecified atom stereocenters. The first-order valence-electron chi connectivity index (χ1n) is 5.96. The molecule has 0 aliphatic rings. The maximum absolute atomic E-state index is 11.6. The molecular formula is C11H19N2O3PS2. The molecule has 0 aliphatic heterocycles. The van der Waals surface area contributed by atoms with Crippen molar-refractivity contribution in [2.24, 2.45) is 0 Å². The summed E-state index contributed by atoms with van der Waals surface area (Å²) < 4.78 is 12.8. The highest BCUT2D eigenvalue weighted by molar-refractivity contribution is 8.67. The van der Waals surface area contributed by atoms with Crippen molar-refractivity contribution >= 4 is 28.9 Å². The van der Waals surface area contributed by atoms with Gasteiger partial charge in [0.15, 0.2) is 0 Å². The van der Waals surface area contributed by atoms with E-state index in [9.17, 15) is 4.79 Å². The average molecular weight is 322 g/mol. The fourth-order valence-corrected chi connectivity index (χ4v) is 6.47. The summed E-state index contributed by atoms with van der Waals surface area (Å²) in [6, 6.07) is 3.07. The molecule has 0 saturated carbocycles. The molecule has 0 aliphatic carbocycles. The number of aromatic nitrogens is 2. The Balaban J connectivity index is 2.76. The van der Waals surface area contributed by atoms with E-state index in [4.69, 9.17) is 20.9 Å². The van der Waals surface area contributed by atoms with Crippen molar-refractivity contribution in [3.63, 3.8) is 0 Å². The summed E-state index contributed by atoms with van der Waals surface area (Å²) in [5.41, 5.74) is -2.63. The molecule has 0 spiro atoms. The molecule has 19 heavy (non-hydrogen) atoms. The second-order valence-electron chi connectivity index (χ2n) is 4.38. The molecule has 5 nitrogen and oxygen atoms in total. The van der Waals surface area contributed by atoms with E-state index < -0.39 is 5.69 Å². The van der Waals surface area contributed by atoms with Gasteiger partial charge < -0.3 is 9.05 Å². The zero-order valence-corrected chi connectivity index (χ0v) is 14.0. The van der Waals surface area contributed by atoms with Crippen LogP contribution in [0, 0.1) is 0 Å². The molecule has 108 valence electrons. The molecule has 0 amide bonds. The molecule has 0 bridgehead atoms. The lowest BCUT2D eigenvalue weighted by Crippen LogP contribution is -2.20. The normalized spacial score (nSPS) is 12.3. The van der Waals surface area contributed by atoms with Crippen LogP contribution < -0.4 is 5.56 Å². The van der Waals surface area contributed by atoms with Crippen molar-refractivity contribution in [1.29, 1.82) is 0 Å². The number of hydrogen-bond acceptors (Lipinski definition) is 6. The van der Waals surface area contributed by atoms with E-state index in [1.165, 1.54) is 22.1 Å². The Morgan fingerprint density at radius 1 is 1.37 bits per heavy atom. The van der Waals surface area contributed by atoms with Crippen LogP contribution in [0.5, 0.6) is 0 Å². The van der Waals surface area contributed by atoms with Crippen molar-refractivity contribution in [2.45, 2.75) is 45.8 Å². The molecule has 0 atom stereocenters. The SMILES string of the molecule is CC(C)OP(=S)(OC(C)C)SCn1ncccc1=O. The van der Waals surface area contributed by atoms with Crippen LogP contribution in [0.3, 0.4) is 0 Å². The zero-order chi connectivity index (χ0) is 14.5. The number of hydrogen-bond donors (Lipinski definition) is 0. The van der Waals surface area contributed by atoms with Crippen LogP contribution in [-0.2, 0) is 26.7 Å². The predicted molar refractivity (Wildman–Crippen MR) is 82.8 cm³/mol. The monoisotopic (exact) mass is 322 g/mol. The van der Waals surface area contributed by atoms with Gasteiger partial charge in [-0.25, -0.2) is 4.68 Å². The van der Waals surface area contributed by atoms with Crippen molar-refractivity contribution < 1.29 is 9.05 Å². The molecule has 1 rings (SSSR count). The van der Waals surface area contributed by atoms with E-state index in [1.54, 1.807) is 12.3 Å². The van der Waals surface area contributed by atoms with E-state index in [0.29, 0.717) is 5.88 Å². The molecule has 1 aromatic rings. The van der Waals surface area contributed by atoms with Crippen LogP contribution in [0.4, 0.5) is 0 Å². The summed E-state index contributed by atoms with van der Waals surface area (Å²) in [5.74, 6) is 0.330. The standard InChI is InChI=1S/C11H19N2O3PS2/c1-9(2)15-17(18,16-10(3)4)19-8-13-11(14)6-5-7-12-13/h5-7,9-10H,8H2,1-4H3. The van der Waals surface area contributed by atoms with Gasteiger partial charge in [0.05, 0.1) is 18.1 Å². The van der Waals surface area contributed by atoms with Gasteiger partial charge in [0, 0.05) is 12.3 Å². The van der Waals surface area contributed by atoms with E-state index in [-0.39, 0.29) is 17.8 Å². The highest BCUT2D eigenvalue weighted by Gasteiger charge is 2.23. The van der Waals surface area contributed by atoms with Crippen LogP contribution in [0.25, 0.3) is 0 Å². The van der Waals surface area contributed by atoms with E-state index >= 15 is 0 Å². The van der Waals surface area contributed by atoms with Gasteiger partial charge >= 0.3 is 0 Å². The lowest BCUT2D eigenvalue weighted by Gasteiger charge is -2.25. The van der Waals surface area contributed by atoms with Crippen molar-refractivity contribution in [3.05, 3.63) is 28.7 Å². The first-order valence-corrected chi connectivity index (χ1v) is 10.2. The second-order valence-corrected chi connectivity index (χ2v) is 10.6. The Morgan fingerprint density at radius 2 is 1.95 bits per heavy atom. The number of nitrogens with zero attached hydrogens (tertiary/aromatic N) is 2. The molecule has 1 aromatic heterocycles. The second kappa shape index (κ2) is 7.55. The molecule has 8 heteroatoms. The molecule has 1 heterocycles. The van der Waals surface area contributed by atoms with Gasteiger partial charge in [0.2, 0.25) is 5.69 Å². The molecule has 0 radical (unpaired) electrons. The topological polar surface area (TPSA) is 53.4 Å². The van der Waals surface area contributed by atoms with Gasteiger partial charge in [-0.15, -0.1) is 0 Å². The maximum atomic E-state index is 11.6. The van der Waals surface area contributed by atoms with Crippen molar-refractivity contribution in [1.82, 2.24) is 9.78 Å². The third kappa shape index (κ3) is 6.19. The average Bonchev–Trinajstić information content (AvgIpc) is 2.25. The lowest BCUT2D eigenvalue weighted by atomic mass is 10.5. The minimum atomic E-state index is -2.47. The smallest absolute Gasteiger partial charge is 0.267 e. The Morgan fingerprint density at radius 3 is 2.42 bits per heavy atom. The van der Waals surface area contributed by atoms with E-state index in [0.717, 1.165) is 0 Å². The van der Waals surface area contributed by atoms with Gasteiger partial charge in [-0.05, 0) is 56.9 Å². The highest BCUT2D eigenvalue weighted by atomic mass is 32.9. The first-order chi connectivity index (χ1) is 8.82. The Hall–Kier alpha value is -0.200. The minimum absolute atomic E-state index is 0.0162.